The van der Waals surface area contributed by atoms with Crippen molar-refractivity contribution in [2.24, 2.45) is 12.5 Å². The van der Waals surface area contributed by atoms with E-state index >= 15 is 0 Å². The largest absolute Gasteiger partial charge is 0.477 e. The lowest BCUT2D eigenvalue weighted by molar-refractivity contribution is 0.0692. The van der Waals surface area contributed by atoms with Crippen LogP contribution in [0, 0.1) is 5.41 Å². The number of carboxylic acid groups (broad SMARTS) is 1. The fourth-order valence-corrected chi connectivity index (χ4v) is 1.51. The number of hydrogen-bond donors (Lipinski definition) is 1. The maximum atomic E-state index is 11.6. The number of hydrogen-bond acceptors (Lipinski definition) is 3. The van der Waals surface area contributed by atoms with E-state index in [1.807, 2.05) is 20.8 Å². The molecule has 5 nitrogen and oxygen atoms in total. The van der Waals surface area contributed by atoms with Crippen LogP contribution in [-0.2, 0) is 13.5 Å². The lowest BCUT2D eigenvalue weighted by Gasteiger charge is -2.18. The first-order valence-corrected chi connectivity index (χ1v) is 5.01. The van der Waals surface area contributed by atoms with E-state index < -0.39 is 11.5 Å². The lowest BCUT2D eigenvalue weighted by atomic mass is 9.87. The molecule has 0 aliphatic carbocycles. The summed E-state index contributed by atoms with van der Waals surface area (Å²) in [5.41, 5.74) is -0.331. The van der Waals surface area contributed by atoms with Crippen molar-refractivity contribution in [2.75, 3.05) is 0 Å². The Bertz CT molecular complexity index is 469. The number of aryl methyl sites for hydroxylation is 1. The van der Waals surface area contributed by atoms with E-state index in [2.05, 4.69) is 5.10 Å². The van der Waals surface area contributed by atoms with Crippen molar-refractivity contribution in [3.8, 4) is 0 Å². The maximum absolute atomic E-state index is 11.6. The van der Waals surface area contributed by atoms with E-state index in [9.17, 15) is 9.59 Å². The molecule has 1 heterocycles. The molecular formula is C11H16N2O3. The second-order valence-corrected chi connectivity index (χ2v) is 5.02. The molecule has 1 aromatic rings. The number of carboxylic acids is 1. The molecule has 0 spiro atoms. The standard InChI is InChI=1S/C11H16N2O3/c1-11(2,3)5-7-6-12-13(4)9(14)8(7)10(15)16/h6H,5H2,1-4H3,(H,15,16). The van der Waals surface area contributed by atoms with Crippen molar-refractivity contribution in [3.05, 3.63) is 27.7 Å². The monoisotopic (exact) mass is 224 g/mol. The SMILES string of the molecule is Cn1ncc(CC(C)(C)C)c(C(=O)O)c1=O. The van der Waals surface area contributed by atoms with Gasteiger partial charge in [0.2, 0.25) is 0 Å². The fraction of sp³-hybridized carbons (Fsp3) is 0.545. The molecule has 0 unspecified atom stereocenters. The van der Waals surface area contributed by atoms with Gasteiger partial charge in [0.1, 0.15) is 5.56 Å². The average Bonchev–Trinajstić information content (AvgIpc) is 2.08. The predicted octanol–water partition coefficient (Wildman–Crippen LogP) is 1.07. The molecule has 0 fully saturated rings. The van der Waals surface area contributed by atoms with Crippen molar-refractivity contribution in [1.29, 1.82) is 0 Å². The Kier molecular flexibility index (Phi) is 3.16. The normalized spacial score (nSPS) is 11.5. The number of rotatable bonds is 2. The van der Waals surface area contributed by atoms with Crippen LogP contribution in [0.15, 0.2) is 11.0 Å². The Morgan fingerprint density at radius 3 is 2.50 bits per heavy atom. The van der Waals surface area contributed by atoms with Crippen LogP contribution in [0.4, 0.5) is 0 Å². The van der Waals surface area contributed by atoms with Gasteiger partial charge < -0.3 is 5.11 Å². The summed E-state index contributed by atoms with van der Waals surface area (Å²) in [4.78, 5) is 22.7. The van der Waals surface area contributed by atoms with Gasteiger partial charge in [-0.3, -0.25) is 4.79 Å². The molecule has 16 heavy (non-hydrogen) atoms. The topological polar surface area (TPSA) is 72.2 Å². The van der Waals surface area contributed by atoms with Gasteiger partial charge in [-0.1, -0.05) is 20.8 Å². The van der Waals surface area contributed by atoms with Gasteiger partial charge in [0.15, 0.2) is 0 Å². The molecule has 1 aromatic heterocycles. The van der Waals surface area contributed by atoms with E-state index in [0.717, 1.165) is 4.68 Å². The first-order valence-electron chi connectivity index (χ1n) is 5.01. The average molecular weight is 224 g/mol. The summed E-state index contributed by atoms with van der Waals surface area (Å²) >= 11 is 0. The molecule has 5 heteroatoms. The van der Waals surface area contributed by atoms with Crippen LogP contribution in [0.3, 0.4) is 0 Å². The summed E-state index contributed by atoms with van der Waals surface area (Å²) in [5, 5.41) is 12.9. The van der Waals surface area contributed by atoms with Gasteiger partial charge in [0.25, 0.3) is 5.56 Å². The zero-order valence-electron chi connectivity index (χ0n) is 9.94. The third kappa shape index (κ3) is 2.68. The summed E-state index contributed by atoms with van der Waals surface area (Å²) in [5.74, 6) is -1.19. The summed E-state index contributed by atoms with van der Waals surface area (Å²) < 4.78 is 1.04. The highest BCUT2D eigenvalue weighted by Crippen LogP contribution is 2.21. The third-order valence-electron chi connectivity index (χ3n) is 2.15. The highest BCUT2D eigenvalue weighted by atomic mass is 16.4. The van der Waals surface area contributed by atoms with Crippen molar-refractivity contribution >= 4 is 5.97 Å². The minimum atomic E-state index is -1.19. The number of aromatic carboxylic acids is 1. The zero-order chi connectivity index (χ0) is 12.5. The minimum absolute atomic E-state index is 0.0851. The second-order valence-electron chi connectivity index (χ2n) is 5.02. The van der Waals surface area contributed by atoms with Gasteiger partial charge in [-0.2, -0.15) is 5.10 Å². The third-order valence-corrected chi connectivity index (χ3v) is 2.15. The summed E-state index contributed by atoms with van der Waals surface area (Å²) in [7, 11) is 1.44. The van der Waals surface area contributed by atoms with E-state index in [1.165, 1.54) is 13.2 Å². The Morgan fingerprint density at radius 2 is 2.06 bits per heavy atom. The van der Waals surface area contributed by atoms with Crippen molar-refractivity contribution < 1.29 is 9.90 Å². The number of carbonyl (C=O) groups is 1. The molecule has 0 saturated heterocycles. The van der Waals surface area contributed by atoms with Gasteiger partial charge in [0.05, 0.1) is 6.20 Å². The van der Waals surface area contributed by atoms with Gasteiger partial charge >= 0.3 is 5.97 Å². The maximum Gasteiger partial charge on any atom is 0.341 e. The zero-order valence-corrected chi connectivity index (χ0v) is 9.94. The van der Waals surface area contributed by atoms with Crippen molar-refractivity contribution in [1.82, 2.24) is 9.78 Å². The molecular weight excluding hydrogens is 208 g/mol. The molecule has 0 atom stereocenters. The summed E-state index contributed by atoms with van der Waals surface area (Å²) in [6, 6.07) is 0. The Morgan fingerprint density at radius 1 is 1.50 bits per heavy atom. The van der Waals surface area contributed by atoms with E-state index in [1.54, 1.807) is 0 Å². The van der Waals surface area contributed by atoms with Crippen LogP contribution < -0.4 is 5.56 Å². The number of aromatic nitrogens is 2. The quantitative estimate of drug-likeness (QED) is 0.815. The van der Waals surface area contributed by atoms with Crippen LogP contribution in [0.25, 0.3) is 0 Å². The molecule has 1 N–H and O–H groups in total. The van der Waals surface area contributed by atoms with Crippen LogP contribution in [-0.4, -0.2) is 20.9 Å². The molecule has 0 aromatic carbocycles. The molecule has 88 valence electrons. The highest BCUT2D eigenvalue weighted by Gasteiger charge is 2.21. The minimum Gasteiger partial charge on any atom is -0.477 e. The van der Waals surface area contributed by atoms with Crippen molar-refractivity contribution in [2.45, 2.75) is 27.2 Å². The van der Waals surface area contributed by atoms with Crippen molar-refractivity contribution in [3.63, 3.8) is 0 Å². The van der Waals surface area contributed by atoms with E-state index in [4.69, 9.17) is 5.11 Å². The van der Waals surface area contributed by atoms with Gasteiger partial charge in [0, 0.05) is 7.05 Å². The molecule has 1 rings (SSSR count). The van der Waals surface area contributed by atoms with Crippen LogP contribution >= 0.6 is 0 Å². The smallest absolute Gasteiger partial charge is 0.341 e. The summed E-state index contributed by atoms with van der Waals surface area (Å²) in [6.45, 7) is 5.95. The number of nitrogens with zero attached hydrogens (tertiary/aromatic N) is 2. The van der Waals surface area contributed by atoms with Gasteiger partial charge in [-0.05, 0) is 17.4 Å². The van der Waals surface area contributed by atoms with Gasteiger partial charge in [-0.15, -0.1) is 0 Å². The molecule has 0 amide bonds. The van der Waals surface area contributed by atoms with Crippen LogP contribution in [0.1, 0.15) is 36.7 Å². The predicted molar refractivity (Wildman–Crippen MR) is 59.6 cm³/mol. The van der Waals surface area contributed by atoms with E-state index in [0.29, 0.717) is 12.0 Å². The fourth-order valence-electron chi connectivity index (χ4n) is 1.51. The highest BCUT2D eigenvalue weighted by molar-refractivity contribution is 5.88. The molecule has 0 saturated carbocycles. The Balaban J connectivity index is 3.36. The summed E-state index contributed by atoms with van der Waals surface area (Å²) in [6.07, 6.45) is 1.97. The molecule has 0 aliphatic heterocycles. The Hall–Kier alpha value is -1.65. The Labute approximate surface area is 93.7 Å². The first-order chi connectivity index (χ1) is 7.22. The van der Waals surface area contributed by atoms with Crippen LogP contribution in [0.5, 0.6) is 0 Å². The van der Waals surface area contributed by atoms with Crippen LogP contribution in [0.2, 0.25) is 0 Å². The molecule has 0 bridgehead atoms. The second kappa shape index (κ2) is 4.08. The van der Waals surface area contributed by atoms with Gasteiger partial charge in [-0.25, -0.2) is 9.48 Å². The molecule has 0 radical (unpaired) electrons. The molecule has 0 aliphatic rings. The van der Waals surface area contributed by atoms with E-state index in [-0.39, 0.29) is 11.0 Å². The lowest BCUT2D eigenvalue weighted by Crippen LogP contribution is -2.29. The first kappa shape index (κ1) is 12.4.